The molecule has 0 aromatic heterocycles. The molecule has 1 aromatic carbocycles. The summed E-state index contributed by atoms with van der Waals surface area (Å²) in [7, 11) is 0. The molecular weight excluding hydrogens is 288 g/mol. The maximum absolute atomic E-state index is 12.7. The first-order valence-electron chi connectivity index (χ1n) is 6.65. The summed E-state index contributed by atoms with van der Waals surface area (Å²) in [6, 6.07) is 8.93. The molecule has 7 heteroatoms. The van der Waals surface area contributed by atoms with Gasteiger partial charge in [0, 0.05) is 5.69 Å². The predicted octanol–water partition coefficient (Wildman–Crippen LogP) is 0.760. The zero-order valence-corrected chi connectivity index (χ0v) is 12.6. The highest BCUT2D eigenvalue weighted by Crippen LogP contribution is 2.33. The van der Waals surface area contributed by atoms with E-state index in [1.54, 1.807) is 4.90 Å². The van der Waals surface area contributed by atoms with Crippen molar-refractivity contribution in [2.24, 2.45) is 10.9 Å². The van der Waals surface area contributed by atoms with Crippen LogP contribution in [-0.4, -0.2) is 35.3 Å². The van der Waals surface area contributed by atoms with E-state index in [2.05, 4.69) is 15.8 Å². The first-order valence-corrected chi connectivity index (χ1v) is 7.88. The largest absolute Gasteiger partial charge is 0.299 e. The number of aliphatic imine (C=N–C) groups is 1. The van der Waals surface area contributed by atoms with E-state index in [0.717, 1.165) is 5.69 Å². The second-order valence-electron chi connectivity index (χ2n) is 4.98. The number of amidine groups is 1. The molecule has 1 aromatic rings. The number of para-hydroxylation sites is 1. The van der Waals surface area contributed by atoms with Crippen molar-refractivity contribution >= 4 is 34.3 Å². The van der Waals surface area contributed by atoms with E-state index in [-0.39, 0.29) is 17.9 Å². The van der Waals surface area contributed by atoms with Crippen LogP contribution in [0.5, 0.6) is 0 Å². The minimum Gasteiger partial charge on any atom is -0.299 e. The molecule has 0 unspecified atom stereocenters. The van der Waals surface area contributed by atoms with E-state index < -0.39 is 12.0 Å². The molecule has 3 rings (SSSR count). The van der Waals surface area contributed by atoms with Crippen molar-refractivity contribution in [1.29, 1.82) is 0 Å². The van der Waals surface area contributed by atoms with E-state index >= 15 is 0 Å². The Morgan fingerprint density at radius 1 is 1.33 bits per heavy atom. The molecule has 0 saturated carbocycles. The summed E-state index contributed by atoms with van der Waals surface area (Å²) in [5.41, 5.74) is 6.84. The van der Waals surface area contributed by atoms with Crippen molar-refractivity contribution in [2.75, 3.05) is 11.2 Å². The molecule has 1 amide bonds. The molecular formula is C14H16N4O2S. The SMILES string of the molecule is CSC1=N[C@@H]2[C@@H](C(C)=O)C(=O)N(c3ccccc3)[C@H]2NN1. The van der Waals surface area contributed by atoms with Crippen LogP contribution in [-0.2, 0) is 9.59 Å². The third-order valence-corrected chi connectivity index (χ3v) is 4.30. The molecule has 0 spiro atoms. The van der Waals surface area contributed by atoms with Gasteiger partial charge >= 0.3 is 0 Å². The average molecular weight is 304 g/mol. The van der Waals surface area contributed by atoms with Crippen LogP contribution in [0.2, 0.25) is 0 Å². The number of Topliss-reactive ketones (excluding diaryl/α,β-unsaturated/α-hetero) is 1. The number of carbonyl (C=O) groups is 2. The fraction of sp³-hybridized carbons (Fsp3) is 0.357. The Hall–Kier alpha value is -1.86. The summed E-state index contributed by atoms with van der Waals surface area (Å²) in [5, 5.41) is 0.685. The van der Waals surface area contributed by atoms with Gasteiger partial charge in [-0.2, -0.15) is 0 Å². The van der Waals surface area contributed by atoms with E-state index in [9.17, 15) is 9.59 Å². The summed E-state index contributed by atoms with van der Waals surface area (Å²) in [6.45, 7) is 1.45. The van der Waals surface area contributed by atoms with Crippen molar-refractivity contribution in [2.45, 2.75) is 19.1 Å². The fourth-order valence-corrected chi connectivity index (χ4v) is 3.15. The Balaban J connectivity index is 2.03. The third-order valence-electron chi connectivity index (χ3n) is 3.71. The maximum Gasteiger partial charge on any atom is 0.241 e. The highest BCUT2D eigenvalue weighted by Gasteiger charge is 2.52. The molecule has 2 N–H and O–H groups in total. The Bertz CT molecular complexity index is 604. The second-order valence-corrected chi connectivity index (χ2v) is 5.77. The van der Waals surface area contributed by atoms with Gasteiger partial charge in [-0.05, 0) is 25.3 Å². The fourth-order valence-electron chi connectivity index (χ4n) is 2.76. The van der Waals surface area contributed by atoms with Crippen molar-refractivity contribution in [1.82, 2.24) is 10.9 Å². The quantitative estimate of drug-likeness (QED) is 0.789. The molecule has 2 heterocycles. The number of hydrazine groups is 1. The lowest BCUT2D eigenvalue weighted by atomic mass is 9.98. The second kappa shape index (κ2) is 5.50. The number of hydrogen-bond donors (Lipinski definition) is 2. The minimum atomic E-state index is -0.730. The van der Waals surface area contributed by atoms with Gasteiger partial charge in [-0.3, -0.25) is 24.9 Å². The lowest BCUT2D eigenvalue weighted by Gasteiger charge is -2.31. The standard InChI is InChI=1S/C14H16N4O2S/c1-8(19)10-11-12(16-17-14(15-11)21-2)18(13(10)20)9-6-4-3-5-7-9/h3-7,10-12,16H,1-2H3,(H,15,17)/t10-,11-,12-/m1/s1. The number of fused-ring (bicyclic) bond motifs is 1. The van der Waals surface area contributed by atoms with Gasteiger partial charge in [0.1, 0.15) is 23.9 Å². The van der Waals surface area contributed by atoms with Crippen LogP contribution in [0, 0.1) is 5.92 Å². The van der Waals surface area contributed by atoms with Crippen LogP contribution in [0.15, 0.2) is 35.3 Å². The Kier molecular flexibility index (Phi) is 3.69. The number of hydrogen-bond acceptors (Lipinski definition) is 6. The summed E-state index contributed by atoms with van der Waals surface area (Å²) in [5.74, 6) is -1.09. The number of rotatable bonds is 2. The number of carbonyl (C=O) groups excluding carboxylic acids is 2. The van der Waals surface area contributed by atoms with Gasteiger partial charge in [-0.25, -0.2) is 5.43 Å². The smallest absolute Gasteiger partial charge is 0.241 e. The molecule has 1 fully saturated rings. The third kappa shape index (κ3) is 2.32. The van der Waals surface area contributed by atoms with Gasteiger partial charge in [0.05, 0.1) is 0 Å². The molecule has 6 nitrogen and oxygen atoms in total. The number of benzene rings is 1. The van der Waals surface area contributed by atoms with Crippen LogP contribution < -0.4 is 15.8 Å². The van der Waals surface area contributed by atoms with E-state index in [4.69, 9.17) is 0 Å². The Morgan fingerprint density at radius 2 is 2.05 bits per heavy atom. The van der Waals surface area contributed by atoms with Crippen molar-refractivity contribution < 1.29 is 9.59 Å². The average Bonchev–Trinajstić information content (AvgIpc) is 2.79. The van der Waals surface area contributed by atoms with Gasteiger partial charge in [0.2, 0.25) is 5.91 Å². The van der Waals surface area contributed by atoms with E-state index in [0.29, 0.717) is 5.17 Å². The predicted molar refractivity (Wildman–Crippen MR) is 82.9 cm³/mol. The van der Waals surface area contributed by atoms with Crippen LogP contribution in [0.4, 0.5) is 5.69 Å². The van der Waals surface area contributed by atoms with E-state index in [1.807, 2.05) is 36.6 Å². The zero-order valence-electron chi connectivity index (χ0n) is 11.7. The number of ketones is 1. The van der Waals surface area contributed by atoms with Crippen LogP contribution in [0.1, 0.15) is 6.92 Å². The first-order chi connectivity index (χ1) is 10.1. The summed E-state index contributed by atoms with van der Waals surface area (Å²) < 4.78 is 0. The van der Waals surface area contributed by atoms with Crippen LogP contribution in [0.3, 0.4) is 0 Å². The summed E-state index contributed by atoms with van der Waals surface area (Å²) >= 11 is 1.44. The summed E-state index contributed by atoms with van der Waals surface area (Å²) in [4.78, 5) is 30.7. The van der Waals surface area contributed by atoms with Crippen molar-refractivity contribution in [3.8, 4) is 0 Å². The van der Waals surface area contributed by atoms with Crippen LogP contribution >= 0.6 is 11.8 Å². The van der Waals surface area contributed by atoms with Gasteiger partial charge in [-0.1, -0.05) is 30.0 Å². The zero-order chi connectivity index (χ0) is 15.0. The number of anilines is 1. The summed E-state index contributed by atoms with van der Waals surface area (Å²) in [6.07, 6.45) is 1.53. The molecule has 1 saturated heterocycles. The Labute approximate surface area is 127 Å². The van der Waals surface area contributed by atoms with Gasteiger partial charge in [-0.15, -0.1) is 0 Å². The molecule has 0 bridgehead atoms. The molecule has 2 aliphatic rings. The monoisotopic (exact) mass is 304 g/mol. The number of amides is 1. The lowest BCUT2D eigenvalue weighted by Crippen LogP contribution is -2.58. The first kappa shape index (κ1) is 14.1. The molecule has 3 atom stereocenters. The molecule has 0 radical (unpaired) electrons. The number of thioether (sulfide) groups is 1. The molecule has 0 aliphatic carbocycles. The molecule has 110 valence electrons. The van der Waals surface area contributed by atoms with Gasteiger partial charge in [0.25, 0.3) is 0 Å². The lowest BCUT2D eigenvalue weighted by molar-refractivity contribution is -0.129. The highest BCUT2D eigenvalue weighted by atomic mass is 32.2. The van der Waals surface area contributed by atoms with E-state index in [1.165, 1.54) is 18.7 Å². The number of nitrogens with zero attached hydrogens (tertiary/aromatic N) is 2. The maximum atomic E-state index is 12.7. The van der Waals surface area contributed by atoms with Gasteiger partial charge < -0.3 is 0 Å². The topological polar surface area (TPSA) is 73.8 Å². The highest BCUT2D eigenvalue weighted by molar-refractivity contribution is 8.13. The normalized spacial score (nSPS) is 27.9. The van der Waals surface area contributed by atoms with Crippen LogP contribution in [0.25, 0.3) is 0 Å². The minimum absolute atomic E-state index is 0.152. The molecule has 21 heavy (non-hydrogen) atoms. The number of nitrogens with one attached hydrogen (secondary N) is 2. The van der Waals surface area contributed by atoms with Crippen molar-refractivity contribution in [3.63, 3.8) is 0 Å². The van der Waals surface area contributed by atoms with Crippen molar-refractivity contribution in [3.05, 3.63) is 30.3 Å². The Morgan fingerprint density at radius 3 is 2.67 bits per heavy atom. The molecule has 2 aliphatic heterocycles. The van der Waals surface area contributed by atoms with Gasteiger partial charge in [0.15, 0.2) is 5.17 Å².